The zero-order valence-electron chi connectivity index (χ0n) is 27.1. The third-order valence-corrected chi connectivity index (χ3v) is 9.98. The van der Waals surface area contributed by atoms with E-state index < -0.39 is 0 Å². The molecule has 7 aromatic carbocycles. The molecular weight excluding hydrogens is 607 g/mol. The van der Waals surface area contributed by atoms with Crippen LogP contribution in [0.25, 0.3) is 98.6 Å². The number of nitrogens with zero attached hydrogens (tertiary/aromatic N) is 3. The highest BCUT2D eigenvalue weighted by Gasteiger charge is 2.18. The molecule has 10 rings (SSSR count). The van der Waals surface area contributed by atoms with Gasteiger partial charge in [0.05, 0.1) is 11.2 Å². The molecule has 0 saturated heterocycles. The molecule has 0 amide bonds. The van der Waals surface area contributed by atoms with Crippen LogP contribution in [0, 0.1) is 0 Å². The van der Waals surface area contributed by atoms with Crippen LogP contribution in [0.4, 0.5) is 0 Å². The lowest BCUT2D eigenvalue weighted by Crippen LogP contribution is -1.94. The normalized spacial score (nSPS) is 11.6. The van der Waals surface area contributed by atoms with Gasteiger partial charge in [-0.15, -0.1) is 0 Å². The predicted molar refractivity (Wildman–Crippen MR) is 209 cm³/mol. The molecule has 10 aromatic rings. The van der Waals surface area contributed by atoms with E-state index in [1.807, 2.05) is 36.9 Å². The van der Waals surface area contributed by atoms with Crippen molar-refractivity contribution in [2.24, 2.45) is 0 Å². The number of rotatable bonds is 4. The molecule has 0 fully saturated rings. The Morgan fingerprint density at radius 1 is 0.320 bits per heavy atom. The van der Waals surface area contributed by atoms with Gasteiger partial charge in [-0.2, -0.15) is 0 Å². The van der Waals surface area contributed by atoms with Crippen molar-refractivity contribution in [1.29, 1.82) is 0 Å². The SMILES string of the molecule is c1cncc(-c2cc(-c3ccc(-c4nc5c6ccccc6c6ccccc6c5c5c4ccc4ccccc45)cc3)cc(-c3cccnc3)c2)c1. The van der Waals surface area contributed by atoms with Crippen molar-refractivity contribution in [2.45, 2.75) is 0 Å². The summed E-state index contributed by atoms with van der Waals surface area (Å²) in [5.74, 6) is 0. The third-order valence-electron chi connectivity index (χ3n) is 9.98. The van der Waals surface area contributed by atoms with Crippen molar-refractivity contribution in [3.63, 3.8) is 0 Å². The monoisotopic (exact) mass is 635 g/mol. The molecule has 3 nitrogen and oxygen atoms in total. The summed E-state index contributed by atoms with van der Waals surface area (Å²) < 4.78 is 0. The summed E-state index contributed by atoms with van der Waals surface area (Å²) >= 11 is 0. The lowest BCUT2D eigenvalue weighted by atomic mass is 9.89. The average molecular weight is 636 g/mol. The van der Waals surface area contributed by atoms with Crippen molar-refractivity contribution in [1.82, 2.24) is 15.0 Å². The van der Waals surface area contributed by atoms with E-state index in [2.05, 4.69) is 149 Å². The first-order valence-corrected chi connectivity index (χ1v) is 16.9. The van der Waals surface area contributed by atoms with E-state index in [0.717, 1.165) is 55.5 Å². The van der Waals surface area contributed by atoms with Crippen LogP contribution in [0.15, 0.2) is 176 Å². The molecular formula is C47H29N3. The molecule has 0 aliphatic carbocycles. The molecule has 0 atom stereocenters. The van der Waals surface area contributed by atoms with Crippen molar-refractivity contribution in [2.75, 3.05) is 0 Å². The third kappa shape index (κ3) is 4.56. The molecule has 0 aliphatic heterocycles. The molecule has 0 saturated carbocycles. The maximum absolute atomic E-state index is 5.55. The number of hydrogen-bond donors (Lipinski definition) is 0. The van der Waals surface area contributed by atoms with Crippen molar-refractivity contribution < 1.29 is 0 Å². The molecule has 0 unspecified atom stereocenters. The maximum Gasteiger partial charge on any atom is 0.0801 e. The molecule has 3 aromatic heterocycles. The molecule has 0 aliphatic rings. The van der Waals surface area contributed by atoms with Crippen LogP contribution in [0.2, 0.25) is 0 Å². The van der Waals surface area contributed by atoms with Gasteiger partial charge in [-0.3, -0.25) is 9.97 Å². The van der Waals surface area contributed by atoms with E-state index in [1.54, 1.807) is 0 Å². The van der Waals surface area contributed by atoms with Gasteiger partial charge in [0.2, 0.25) is 0 Å². The maximum atomic E-state index is 5.55. The van der Waals surface area contributed by atoms with Gasteiger partial charge in [0.25, 0.3) is 0 Å². The van der Waals surface area contributed by atoms with Crippen LogP contribution in [-0.2, 0) is 0 Å². The smallest absolute Gasteiger partial charge is 0.0801 e. The number of aromatic nitrogens is 3. The lowest BCUT2D eigenvalue weighted by molar-refractivity contribution is 1.32. The van der Waals surface area contributed by atoms with Crippen LogP contribution in [0.3, 0.4) is 0 Å². The largest absolute Gasteiger partial charge is 0.264 e. The van der Waals surface area contributed by atoms with Gasteiger partial charge >= 0.3 is 0 Å². The van der Waals surface area contributed by atoms with Gasteiger partial charge in [-0.05, 0) is 79.5 Å². The average Bonchev–Trinajstić information content (AvgIpc) is 3.21. The van der Waals surface area contributed by atoms with Crippen molar-refractivity contribution >= 4 is 54.0 Å². The van der Waals surface area contributed by atoms with E-state index in [9.17, 15) is 0 Å². The highest BCUT2D eigenvalue weighted by Crippen LogP contribution is 2.43. The Morgan fingerprint density at radius 2 is 0.860 bits per heavy atom. The summed E-state index contributed by atoms with van der Waals surface area (Å²) in [5.41, 5.74) is 9.78. The minimum absolute atomic E-state index is 0.991. The van der Waals surface area contributed by atoms with Gasteiger partial charge in [-0.1, -0.05) is 121 Å². The summed E-state index contributed by atoms with van der Waals surface area (Å²) in [6.07, 6.45) is 7.46. The second-order valence-electron chi connectivity index (χ2n) is 12.8. The van der Waals surface area contributed by atoms with E-state index in [0.29, 0.717) is 0 Å². The van der Waals surface area contributed by atoms with Gasteiger partial charge in [-0.25, -0.2) is 4.98 Å². The fraction of sp³-hybridized carbons (Fsp3) is 0. The molecule has 0 spiro atoms. The molecule has 3 heterocycles. The minimum atomic E-state index is 0.991. The minimum Gasteiger partial charge on any atom is -0.264 e. The van der Waals surface area contributed by atoms with Crippen LogP contribution in [-0.4, -0.2) is 15.0 Å². The Labute approximate surface area is 289 Å². The molecule has 50 heavy (non-hydrogen) atoms. The molecule has 0 N–H and O–H groups in total. The Balaban J connectivity index is 1.21. The summed E-state index contributed by atoms with van der Waals surface area (Å²) in [4.78, 5) is 14.3. The zero-order valence-corrected chi connectivity index (χ0v) is 27.1. The second-order valence-corrected chi connectivity index (χ2v) is 12.8. The fourth-order valence-electron chi connectivity index (χ4n) is 7.64. The van der Waals surface area contributed by atoms with E-state index in [-0.39, 0.29) is 0 Å². The summed E-state index contributed by atoms with van der Waals surface area (Å²) in [6, 6.07) is 54.5. The first-order valence-electron chi connectivity index (χ1n) is 16.9. The van der Waals surface area contributed by atoms with Crippen molar-refractivity contribution in [3.05, 3.63) is 176 Å². The van der Waals surface area contributed by atoms with E-state index in [4.69, 9.17) is 4.98 Å². The number of hydrogen-bond acceptors (Lipinski definition) is 3. The first kappa shape index (κ1) is 28.3. The fourth-order valence-corrected chi connectivity index (χ4v) is 7.64. The Hall–Kier alpha value is -6.71. The number of fused-ring (bicyclic) bond motifs is 10. The summed E-state index contributed by atoms with van der Waals surface area (Å²) in [5, 5.41) is 11.0. The Kier molecular flexibility index (Phi) is 6.49. The summed E-state index contributed by atoms with van der Waals surface area (Å²) in [6.45, 7) is 0. The highest BCUT2D eigenvalue weighted by molar-refractivity contribution is 6.35. The molecule has 3 heteroatoms. The lowest BCUT2D eigenvalue weighted by Gasteiger charge is -2.17. The highest BCUT2D eigenvalue weighted by atomic mass is 14.7. The first-order chi connectivity index (χ1) is 24.8. The number of pyridine rings is 3. The molecule has 0 bridgehead atoms. The molecule has 232 valence electrons. The van der Waals surface area contributed by atoms with E-state index >= 15 is 0 Å². The van der Waals surface area contributed by atoms with Crippen LogP contribution >= 0.6 is 0 Å². The topological polar surface area (TPSA) is 38.7 Å². The number of benzene rings is 7. The predicted octanol–water partition coefficient (Wildman–Crippen LogP) is 12.3. The second kappa shape index (κ2) is 11.5. The zero-order chi connectivity index (χ0) is 33.0. The van der Waals surface area contributed by atoms with Gasteiger partial charge in [0, 0.05) is 63.0 Å². The van der Waals surface area contributed by atoms with E-state index in [1.165, 1.54) is 43.1 Å². The Morgan fingerprint density at radius 3 is 1.50 bits per heavy atom. The van der Waals surface area contributed by atoms with Crippen LogP contribution in [0.1, 0.15) is 0 Å². The summed E-state index contributed by atoms with van der Waals surface area (Å²) in [7, 11) is 0. The van der Waals surface area contributed by atoms with Crippen molar-refractivity contribution in [3.8, 4) is 44.6 Å². The van der Waals surface area contributed by atoms with Gasteiger partial charge < -0.3 is 0 Å². The molecule has 0 radical (unpaired) electrons. The van der Waals surface area contributed by atoms with Gasteiger partial charge in [0.1, 0.15) is 0 Å². The van der Waals surface area contributed by atoms with Crippen LogP contribution < -0.4 is 0 Å². The quantitative estimate of drug-likeness (QED) is 0.181. The standard InChI is InChI=1S/C47H29N3/c1-2-12-38-31(9-1)21-22-43-44(38)45-41-15-5-3-13-39(41)40-14-4-6-16-42(40)47(45)50-46(43)32-19-17-30(18-20-32)35-25-36(33-10-7-23-48-28-33)27-37(26-35)34-11-8-24-49-29-34/h1-29H. The van der Waals surface area contributed by atoms with Crippen LogP contribution in [0.5, 0.6) is 0 Å². The Bertz CT molecular complexity index is 2830. The van der Waals surface area contributed by atoms with Gasteiger partial charge in [0.15, 0.2) is 0 Å².